The fraction of sp³-hybridized carbons (Fsp3) is 0.562. The second-order valence-electron chi connectivity index (χ2n) is 5.93. The van der Waals surface area contributed by atoms with Gasteiger partial charge in [0.1, 0.15) is 5.75 Å². The zero-order chi connectivity index (χ0) is 18.1. The van der Waals surface area contributed by atoms with Crippen LogP contribution in [-0.2, 0) is 14.8 Å². The molecule has 1 heterocycles. The highest BCUT2D eigenvalue weighted by Crippen LogP contribution is 2.15. The molecule has 1 saturated heterocycles. The third-order valence-corrected chi connectivity index (χ3v) is 5.72. The van der Waals surface area contributed by atoms with E-state index in [9.17, 15) is 13.2 Å². The van der Waals surface area contributed by atoms with Crippen LogP contribution in [0.15, 0.2) is 29.2 Å². The summed E-state index contributed by atoms with van der Waals surface area (Å²) in [5.41, 5.74) is 0. The number of hydrogen-bond acceptors (Lipinski definition) is 6. The van der Waals surface area contributed by atoms with Crippen LogP contribution >= 0.6 is 11.8 Å². The Morgan fingerprint density at radius 1 is 1.36 bits per heavy atom. The van der Waals surface area contributed by atoms with Crippen LogP contribution in [0.5, 0.6) is 5.75 Å². The molecule has 25 heavy (non-hydrogen) atoms. The highest BCUT2D eigenvalue weighted by atomic mass is 32.2. The van der Waals surface area contributed by atoms with E-state index in [4.69, 9.17) is 9.88 Å². The van der Waals surface area contributed by atoms with Crippen molar-refractivity contribution in [1.82, 2.24) is 10.6 Å². The van der Waals surface area contributed by atoms with Crippen LogP contribution in [0.4, 0.5) is 0 Å². The van der Waals surface area contributed by atoms with Crippen LogP contribution in [0.25, 0.3) is 0 Å². The highest BCUT2D eigenvalue weighted by Gasteiger charge is 2.13. The normalized spacial score (nSPS) is 17.9. The molecule has 1 aromatic rings. The van der Waals surface area contributed by atoms with Crippen LogP contribution in [0.3, 0.4) is 0 Å². The Balaban J connectivity index is 1.56. The van der Waals surface area contributed by atoms with Gasteiger partial charge in [-0.25, -0.2) is 13.6 Å². The van der Waals surface area contributed by atoms with E-state index in [1.54, 1.807) is 12.1 Å². The zero-order valence-corrected chi connectivity index (χ0v) is 15.7. The number of ether oxygens (including phenoxy) is 1. The van der Waals surface area contributed by atoms with Crippen molar-refractivity contribution >= 4 is 27.7 Å². The summed E-state index contributed by atoms with van der Waals surface area (Å²) in [6, 6.07) is 5.95. The molecular weight excluding hydrogens is 362 g/mol. The molecular formula is C16H25N3O4S2. The molecule has 1 unspecified atom stereocenters. The Bertz CT molecular complexity index is 644. The molecule has 7 nitrogen and oxygen atoms in total. The van der Waals surface area contributed by atoms with E-state index < -0.39 is 10.0 Å². The summed E-state index contributed by atoms with van der Waals surface area (Å²) in [5, 5.41) is 11.3. The fourth-order valence-corrected chi connectivity index (χ4v) is 3.66. The number of hydrogen-bond donors (Lipinski definition) is 3. The molecule has 0 aromatic heterocycles. The van der Waals surface area contributed by atoms with Crippen LogP contribution in [0.2, 0.25) is 0 Å². The second kappa shape index (κ2) is 10.0. The number of piperidine rings is 1. The predicted octanol–water partition coefficient (Wildman–Crippen LogP) is 0.562. The Labute approximate surface area is 153 Å². The lowest BCUT2D eigenvalue weighted by Crippen LogP contribution is -2.38. The summed E-state index contributed by atoms with van der Waals surface area (Å²) in [6.45, 7) is 3.23. The second-order valence-corrected chi connectivity index (χ2v) is 8.60. The molecule has 0 aliphatic carbocycles. The van der Waals surface area contributed by atoms with Gasteiger partial charge in [-0.15, -0.1) is 11.8 Å². The number of sulfonamides is 1. The average molecular weight is 388 g/mol. The number of nitrogens with one attached hydrogen (secondary N) is 2. The molecule has 1 amide bonds. The monoisotopic (exact) mass is 387 g/mol. The van der Waals surface area contributed by atoms with Gasteiger partial charge in [0.05, 0.1) is 17.3 Å². The highest BCUT2D eigenvalue weighted by molar-refractivity contribution is 7.99. The molecule has 9 heteroatoms. The summed E-state index contributed by atoms with van der Waals surface area (Å²) in [6.07, 6.45) is 2.34. The number of thioether (sulfide) groups is 1. The molecule has 0 saturated carbocycles. The largest absolute Gasteiger partial charge is 0.493 e. The Morgan fingerprint density at radius 2 is 2.12 bits per heavy atom. The van der Waals surface area contributed by atoms with Crippen molar-refractivity contribution in [3.05, 3.63) is 24.3 Å². The van der Waals surface area contributed by atoms with Gasteiger partial charge in [-0.3, -0.25) is 4.79 Å². The molecule has 2 rings (SSSR count). The maximum absolute atomic E-state index is 11.8. The van der Waals surface area contributed by atoms with Crippen molar-refractivity contribution in [2.45, 2.75) is 17.7 Å². The van der Waals surface area contributed by atoms with E-state index in [1.165, 1.54) is 36.7 Å². The van der Waals surface area contributed by atoms with E-state index in [0.717, 1.165) is 19.6 Å². The van der Waals surface area contributed by atoms with E-state index in [-0.39, 0.29) is 10.8 Å². The summed E-state index contributed by atoms with van der Waals surface area (Å²) >= 11 is 1.51. The van der Waals surface area contributed by atoms with Gasteiger partial charge in [0, 0.05) is 12.3 Å². The van der Waals surface area contributed by atoms with Crippen LogP contribution in [-0.4, -0.2) is 52.1 Å². The molecule has 4 N–H and O–H groups in total. The minimum atomic E-state index is -3.68. The number of rotatable bonds is 9. The first kappa shape index (κ1) is 20.0. The Hall–Kier alpha value is -1.29. The Kier molecular flexibility index (Phi) is 8.01. The van der Waals surface area contributed by atoms with Crippen molar-refractivity contribution in [3.8, 4) is 5.75 Å². The van der Waals surface area contributed by atoms with Crippen molar-refractivity contribution < 1.29 is 17.9 Å². The summed E-state index contributed by atoms with van der Waals surface area (Å²) < 4.78 is 27.8. The van der Waals surface area contributed by atoms with Gasteiger partial charge in [0.25, 0.3) is 0 Å². The van der Waals surface area contributed by atoms with Gasteiger partial charge in [0.2, 0.25) is 15.9 Å². The molecule has 1 fully saturated rings. The van der Waals surface area contributed by atoms with E-state index in [0.29, 0.717) is 29.8 Å². The summed E-state index contributed by atoms with van der Waals surface area (Å²) in [5.74, 6) is 2.24. The Morgan fingerprint density at radius 3 is 2.76 bits per heavy atom. The molecule has 1 aromatic carbocycles. The first-order valence-corrected chi connectivity index (χ1v) is 11.0. The standard InChI is InChI=1S/C16H25N3O4S2/c17-25(21,22)15-5-3-14(4-6-15)23-8-9-24-12-16(20)19-11-13-2-1-7-18-10-13/h3-6,13,18H,1-2,7-12H2,(H,19,20)(H2,17,21,22). The third-order valence-electron chi connectivity index (χ3n) is 3.87. The minimum Gasteiger partial charge on any atom is -0.493 e. The number of carbonyl (C=O) groups is 1. The predicted molar refractivity (Wildman–Crippen MR) is 99.2 cm³/mol. The maximum atomic E-state index is 11.8. The molecule has 1 aliphatic rings. The van der Waals surface area contributed by atoms with E-state index in [1.807, 2.05) is 0 Å². The SMILES string of the molecule is NS(=O)(=O)c1ccc(OCCSCC(=O)NCC2CCCNC2)cc1. The lowest BCUT2D eigenvalue weighted by atomic mass is 10.00. The summed E-state index contributed by atoms with van der Waals surface area (Å²) in [4.78, 5) is 11.8. The van der Waals surface area contributed by atoms with Crippen LogP contribution < -0.4 is 20.5 Å². The fourth-order valence-electron chi connectivity index (χ4n) is 2.52. The third kappa shape index (κ3) is 7.64. The number of primary sulfonamides is 1. The lowest BCUT2D eigenvalue weighted by Gasteiger charge is -2.22. The zero-order valence-electron chi connectivity index (χ0n) is 14.1. The first-order chi connectivity index (χ1) is 11.9. The van der Waals surface area contributed by atoms with Gasteiger partial charge in [-0.05, 0) is 56.1 Å². The first-order valence-electron chi connectivity index (χ1n) is 8.26. The minimum absolute atomic E-state index is 0.0491. The van der Waals surface area contributed by atoms with Crippen LogP contribution in [0.1, 0.15) is 12.8 Å². The van der Waals surface area contributed by atoms with E-state index in [2.05, 4.69) is 10.6 Å². The molecule has 0 bridgehead atoms. The van der Waals surface area contributed by atoms with Gasteiger partial charge in [0.15, 0.2) is 0 Å². The van der Waals surface area contributed by atoms with Crippen molar-refractivity contribution in [1.29, 1.82) is 0 Å². The number of carbonyl (C=O) groups excluding carboxylic acids is 1. The van der Waals surface area contributed by atoms with Crippen molar-refractivity contribution in [2.75, 3.05) is 37.7 Å². The van der Waals surface area contributed by atoms with Gasteiger partial charge >= 0.3 is 0 Å². The molecule has 1 atom stereocenters. The van der Waals surface area contributed by atoms with Crippen molar-refractivity contribution in [3.63, 3.8) is 0 Å². The average Bonchev–Trinajstić information content (AvgIpc) is 2.60. The topological polar surface area (TPSA) is 111 Å². The van der Waals surface area contributed by atoms with Gasteiger partial charge in [-0.2, -0.15) is 0 Å². The number of nitrogens with two attached hydrogens (primary N) is 1. The quantitative estimate of drug-likeness (QED) is 0.534. The summed E-state index contributed by atoms with van der Waals surface area (Å²) in [7, 11) is -3.68. The van der Waals surface area contributed by atoms with Gasteiger partial charge in [-0.1, -0.05) is 0 Å². The van der Waals surface area contributed by atoms with Crippen molar-refractivity contribution in [2.24, 2.45) is 11.1 Å². The van der Waals surface area contributed by atoms with Crippen LogP contribution in [0, 0.1) is 5.92 Å². The molecule has 1 aliphatic heterocycles. The smallest absolute Gasteiger partial charge is 0.238 e. The molecule has 0 spiro atoms. The number of amides is 1. The van der Waals surface area contributed by atoms with Gasteiger partial charge < -0.3 is 15.4 Å². The maximum Gasteiger partial charge on any atom is 0.238 e. The molecule has 140 valence electrons. The van der Waals surface area contributed by atoms with E-state index >= 15 is 0 Å². The molecule has 0 radical (unpaired) electrons. The lowest BCUT2D eigenvalue weighted by molar-refractivity contribution is -0.118. The number of benzene rings is 1.